The van der Waals surface area contributed by atoms with Crippen molar-refractivity contribution in [1.29, 1.82) is 0 Å². The van der Waals surface area contributed by atoms with Gasteiger partial charge in [0.25, 0.3) is 0 Å². The minimum atomic E-state index is 0.718. The van der Waals surface area contributed by atoms with Gasteiger partial charge in [-0.2, -0.15) is 0 Å². The average Bonchev–Trinajstić information content (AvgIpc) is 2.36. The van der Waals surface area contributed by atoms with Crippen LogP contribution in [0.2, 0.25) is 0 Å². The molecule has 0 saturated carbocycles. The Hall–Kier alpha value is -0.470. The largest absolute Gasteiger partial charge is 0.312 e. The van der Waals surface area contributed by atoms with E-state index >= 15 is 0 Å². The van der Waals surface area contributed by atoms with Crippen LogP contribution in [-0.2, 0) is 6.54 Å². The maximum atomic E-state index is 3.48. The van der Waals surface area contributed by atoms with Gasteiger partial charge in [0, 0.05) is 11.4 Å². The molecule has 0 aliphatic heterocycles. The van der Waals surface area contributed by atoms with Crippen LogP contribution in [0.3, 0.4) is 0 Å². The smallest absolute Gasteiger partial charge is 0.0205 e. The first kappa shape index (κ1) is 16.6. The van der Waals surface area contributed by atoms with Crippen LogP contribution in [-0.4, -0.2) is 12.3 Å². The minimum Gasteiger partial charge on any atom is -0.312 e. The molecule has 19 heavy (non-hydrogen) atoms. The molecule has 1 aromatic rings. The first-order chi connectivity index (χ1) is 9.08. The number of thioether (sulfide) groups is 1. The van der Waals surface area contributed by atoms with Crippen molar-refractivity contribution in [3.05, 3.63) is 29.8 Å². The summed E-state index contributed by atoms with van der Waals surface area (Å²) in [6.07, 6.45) is 2.66. The second kappa shape index (κ2) is 9.44. The predicted molar refractivity (Wildman–Crippen MR) is 87.8 cm³/mol. The molecule has 1 nitrogen and oxygen atoms in total. The zero-order valence-electron chi connectivity index (χ0n) is 12.9. The fraction of sp³-hybridized carbons (Fsp3) is 0.647. The summed E-state index contributed by atoms with van der Waals surface area (Å²) in [5.41, 5.74) is 1.38. The van der Waals surface area contributed by atoms with Gasteiger partial charge in [-0.25, -0.2) is 0 Å². The molecule has 0 amide bonds. The van der Waals surface area contributed by atoms with E-state index in [1.54, 1.807) is 0 Å². The Morgan fingerprint density at radius 2 is 1.68 bits per heavy atom. The molecule has 1 N–H and O–H groups in total. The summed E-state index contributed by atoms with van der Waals surface area (Å²) in [6, 6.07) is 9.01. The molecule has 0 heterocycles. The van der Waals surface area contributed by atoms with Crippen molar-refractivity contribution >= 4 is 11.8 Å². The van der Waals surface area contributed by atoms with Crippen LogP contribution in [0.5, 0.6) is 0 Å². The van der Waals surface area contributed by atoms with E-state index in [0.29, 0.717) is 0 Å². The van der Waals surface area contributed by atoms with Crippen LogP contribution in [0, 0.1) is 11.8 Å². The molecule has 108 valence electrons. The van der Waals surface area contributed by atoms with E-state index in [1.807, 2.05) is 11.8 Å². The normalized spacial score (nSPS) is 11.5. The van der Waals surface area contributed by atoms with E-state index in [9.17, 15) is 0 Å². The Morgan fingerprint density at radius 1 is 1.00 bits per heavy atom. The second-order valence-corrected chi connectivity index (χ2v) is 7.22. The van der Waals surface area contributed by atoms with Gasteiger partial charge in [0.15, 0.2) is 0 Å². The average molecular weight is 279 g/mol. The highest BCUT2D eigenvalue weighted by atomic mass is 32.2. The molecule has 2 heteroatoms. The summed E-state index contributed by atoms with van der Waals surface area (Å²) in [5.74, 6) is 2.79. The third kappa shape index (κ3) is 8.33. The summed E-state index contributed by atoms with van der Waals surface area (Å²) < 4.78 is 0. The Labute approximate surface area is 123 Å². The number of nitrogens with one attached hydrogen (secondary N) is 1. The molecule has 0 aliphatic rings. The summed E-state index contributed by atoms with van der Waals surface area (Å²) in [7, 11) is 0. The van der Waals surface area contributed by atoms with Crippen molar-refractivity contribution in [2.24, 2.45) is 11.8 Å². The molecule has 0 aliphatic carbocycles. The minimum absolute atomic E-state index is 0.718. The highest BCUT2D eigenvalue weighted by molar-refractivity contribution is 7.99. The summed E-state index contributed by atoms with van der Waals surface area (Å²) in [6.45, 7) is 11.1. The third-order valence-corrected chi connectivity index (χ3v) is 4.10. The maximum absolute atomic E-state index is 3.48. The van der Waals surface area contributed by atoms with Crippen LogP contribution >= 0.6 is 11.8 Å². The van der Waals surface area contributed by atoms with Crippen LogP contribution in [0.1, 0.15) is 46.1 Å². The predicted octanol–water partition coefficient (Wildman–Crippen LogP) is 4.96. The SMILES string of the molecule is CC(C)CCCSc1ccc(CNCC(C)C)cc1. The standard InChI is InChI=1S/C17H29NS/c1-14(2)6-5-11-19-17-9-7-16(8-10-17)13-18-12-15(3)4/h7-10,14-15,18H,5-6,11-13H2,1-4H3. The van der Waals surface area contributed by atoms with Crippen LogP contribution < -0.4 is 5.32 Å². The molecule has 0 saturated heterocycles. The quantitative estimate of drug-likeness (QED) is 0.506. The molecule has 1 aromatic carbocycles. The molecule has 0 bridgehead atoms. The van der Waals surface area contributed by atoms with E-state index in [1.165, 1.54) is 29.1 Å². The molecule has 0 spiro atoms. The Bertz CT molecular complexity index is 330. The van der Waals surface area contributed by atoms with Crippen molar-refractivity contribution in [2.45, 2.75) is 52.0 Å². The van der Waals surface area contributed by atoms with Crippen molar-refractivity contribution in [3.63, 3.8) is 0 Å². The molecule has 1 rings (SSSR count). The monoisotopic (exact) mass is 279 g/mol. The Kier molecular flexibility index (Phi) is 8.24. The number of rotatable bonds is 9. The molecule has 0 radical (unpaired) electrons. The topological polar surface area (TPSA) is 12.0 Å². The maximum Gasteiger partial charge on any atom is 0.0205 e. The van der Waals surface area contributed by atoms with Crippen molar-refractivity contribution < 1.29 is 0 Å². The van der Waals surface area contributed by atoms with Crippen molar-refractivity contribution in [1.82, 2.24) is 5.32 Å². The van der Waals surface area contributed by atoms with Gasteiger partial charge in [-0.1, -0.05) is 46.2 Å². The fourth-order valence-electron chi connectivity index (χ4n) is 1.89. The molecule has 0 fully saturated rings. The number of hydrogen-bond acceptors (Lipinski definition) is 2. The fourth-order valence-corrected chi connectivity index (χ4v) is 2.77. The summed E-state index contributed by atoms with van der Waals surface area (Å²) in [4.78, 5) is 1.40. The molecular weight excluding hydrogens is 250 g/mol. The number of benzene rings is 1. The van der Waals surface area contributed by atoms with E-state index in [2.05, 4.69) is 57.3 Å². The lowest BCUT2D eigenvalue weighted by Crippen LogP contribution is -2.18. The van der Waals surface area contributed by atoms with Gasteiger partial charge in [-0.3, -0.25) is 0 Å². The lowest BCUT2D eigenvalue weighted by molar-refractivity contribution is 0.552. The van der Waals surface area contributed by atoms with E-state index in [4.69, 9.17) is 0 Å². The van der Waals surface area contributed by atoms with Crippen molar-refractivity contribution in [3.8, 4) is 0 Å². The van der Waals surface area contributed by atoms with Gasteiger partial charge < -0.3 is 5.32 Å². The third-order valence-electron chi connectivity index (χ3n) is 3.00. The van der Waals surface area contributed by atoms with Gasteiger partial charge in [0.2, 0.25) is 0 Å². The van der Waals surface area contributed by atoms with E-state index in [0.717, 1.165) is 24.9 Å². The molecule has 0 aromatic heterocycles. The first-order valence-corrected chi connectivity index (χ1v) is 8.49. The lowest BCUT2D eigenvalue weighted by atomic mass is 10.1. The molecular formula is C17H29NS. The van der Waals surface area contributed by atoms with Gasteiger partial charge in [0.1, 0.15) is 0 Å². The summed E-state index contributed by atoms with van der Waals surface area (Å²) >= 11 is 1.98. The van der Waals surface area contributed by atoms with E-state index in [-0.39, 0.29) is 0 Å². The van der Waals surface area contributed by atoms with Gasteiger partial charge in [0.05, 0.1) is 0 Å². The van der Waals surface area contributed by atoms with Gasteiger partial charge in [-0.15, -0.1) is 11.8 Å². The Balaban J connectivity index is 2.23. The van der Waals surface area contributed by atoms with Crippen LogP contribution in [0.15, 0.2) is 29.2 Å². The van der Waals surface area contributed by atoms with Gasteiger partial charge >= 0.3 is 0 Å². The zero-order valence-corrected chi connectivity index (χ0v) is 13.7. The Morgan fingerprint density at radius 3 is 2.26 bits per heavy atom. The zero-order chi connectivity index (χ0) is 14.1. The second-order valence-electron chi connectivity index (χ2n) is 6.05. The van der Waals surface area contributed by atoms with Crippen LogP contribution in [0.25, 0.3) is 0 Å². The highest BCUT2D eigenvalue weighted by Crippen LogP contribution is 2.20. The lowest BCUT2D eigenvalue weighted by Gasteiger charge is -2.08. The highest BCUT2D eigenvalue weighted by Gasteiger charge is 1.98. The summed E-state index contributed by atoms with van der Waals surface area (Å²) in [5, 5.41) is 3.48. The first-order valence-electron chi connectivity index (χ1n) is 7.50. The van der Waals surface area contributed by atoms with Crippen LogP contribution in [0.4, 0.5) is 0 Å². The molecule has 0 atom stereocenters. The van der Waals surface area contributed by atoms with Gasteiger partial charge in [-0.05, 0) is 48.3 Å². The van der Waals surface area contributed by atoms with E-state index < -0.39 is 0 Å². The number of hydrogen-bond donors (Lipinski definition) is 1. The van der Waals surface area contributed by atoms with Crippen molar-refractivity contribution in [2.75, 3.05) is 12.3 Å². The molecule has 0 unspecified atom stereocenters.